The molecular formula is C14H22N2. The first-order chi connectivity index (χ1) is 7.60. The molecule has 2 N–H and O–H groups in total. The molecule has 1 heterocycles. The first-order valence-electron chi connectivity index (χ1n) is 6.28. The summed E-state index contributed by atoms with van der Waals surface area (Å²) < 4.78 is 0. The van der Waals surface area contributed by atoms with E-state index in [1.54, 1.807) is 0 Å². The molecule has 2 nitrogen and oxygen atoms in total. The van der Waals surface area contributed by atoms with Crippen LogP contribution in [0.15, 0.2) is 24.5 Å². The highest BCUT2D eigenvalue weighted by Crippen LogP contribution is 2.36. The maximum absolute atomic E-state index is 6.57. The molecule has 0 bridgehead atoms. The lowest BCUT2D eigenvalue weighted by molar-refractivity contribution is 0.163. The van der Waals surface area contributed by atoms with Crippen molar-refractivity contribution in [3.05, 3.63) is 30.1 Å². The molecule has 0 amide bonds. The number of rotatable bonds is 2. The molecule has 3 unspecified atom stereocenters. The SMILES string of the molecule is CC1CCC(N)(Cc2cccnc2)C(C)C1. The summed E-state index contributed by atoms with van der Waals surface area (Å²) in [7, 11) is 0. The maximum atomic E-state index is 6.57. The number of pyridine rings is 1. The van der Waals surface area contributed by atoms with E-state index in [9.17, 15) is 0 Å². The third kappa shape index (κ3) is 2.43. The van der Waals surface area contributed by atoms with Crippen LogP contribution in [0.3, 0.4) is 0 Å². The van der Waals surface area contributed by atoms with Gasteiger partial charge in [-0.25, -0.2) is 0 Å². The number of nitrogens with two attached hydrogens (primary N) is 1. The van der Waals surface area contributed by atoms with Gasteiger partial charge in [-0.15, -0.1) is 0 Å². The van der Waals surface area contributed by atoms with Gasteiger partial charge >= 0.3 is 0 Å². The topological polar surface area (TPSA) is 38.9 Å². The lowest BCUT2D eigenvalue weighted by Gasteiger charge is -2.42. The Morgan fingerprint density at radius 3 is 2.94 bits per heavy atom. The van der Waals surface area contributed by atoms with Crippen LogP contribution < -0.4 is 5.73 Å². The highest BCUT2D eigenvalue weighted by atomic mass is 14.8. The van der Waals surface area contributed by atoms with Crippen molar-refractivity contribution in [2.45, 2.75) is 45.1 Å². The summed E-state index contributed by atoms with van der Waals surface area (Å²) >= 11 is 0. The van der Waals surface area contributed by atoms with E-state index >= 15 is 0 Å². The third-order valence-corrected chi connectivity index (χ3v) is 4.10. The van der Waals surface area contributed by atoms with Gasteiger partial charge in [-0.1, -0.05) is 19.9 Å². The summed E-state index contributed by atoms with van der Waals surface area (Å²) in [5.41, 5.74) is 7.82. The summed E-state index contributed by atoms with van der Waals surface area (Å²) in [5, 5.41) is 0. The molecule has 88 valence electrons. The quantitative estimate of drug-likeness (QED) is 0.829. The molecule has 2 rings (SSSR count). The van der Waals surface area contributed by atoms with E-state index in [4.69, 9.17) is 5.73 Å². The average Bonchev–Trinajstić information content (AvgIpc) is 2.26. The van der Waals surface area contributed by atoms with Crippen molar-refractivity contribution < 1.29 is 0 Å². The van der Waals surface area contributed by atoms with E-state index in [1.807, 2.05) is 18.5 Å². The van der Waals surface area contributed by atoms with Gasteiger partial charge in [-0.3, -0.25) is 4.98 Å². The van der Waals surface area contributed by atoms with Gasteiger partial charge in [0.05, 0.1) is 0 Å². The monoisotopic (exact) mass is 218 g/mol. The smallest absolute Gasteiger partial charge is 0.0300 e. The van der Waals surface area contributed by atoms with Crippen LogP contribution in [-0.4, -0.2) is 10.5 Å². The first kappa shape index (κ1) is 11.6. The number of aromatic nitrogens is 1. The van der Waals surface area contributed by atoms with E-state index in [1.165, 1.54) is 18.4 Å². The lowest BCUT2D eigenvalue weighted by Crippen LogP contribution is -2.51. The fourth-order valence-corrected chi connectivity index (χ4v) is 2.86. The minimum absolute atomic E-state index is 0.0183. The summed E-state index contributed by atoms with van der Waals surface area (Å²) in [4.78, 5) is 4.17. The van der Waals surface area contributed by atoms with Crippen molar-refractivity contribution in [2.75, 3.05) is 0 Å². The van der Waals surface area contributed by atoms with Crippen molar-refractivity contribution >= 4 is 0 Å². The lowest BCUT2D eigenvalue weighted by atomic mass is 9.68. The summed E-state index contributed by atoms with van der Waals surface area (Å²) in [6.45, 7) is 4.63. The van der Waals surface area contributed by atoms with Crippen molar-refractivity contribution in [1.82, 2.24) is 4.98 Å². The Labute approximate surface area is 98.3 Å². The first-order valence-corrected chi connectivity index (χ1v) is 6.28. The molecule has 0 spiro atoms. The minimum atomic E-state index is -0.0183. The van der Waals surface area contributed by atoms with Crippen molar-refractivity contribution in [2.24, 2.45) is 17.6 Å². The fourth-order valence-electron chi connectivity index (χ4n) is 2.86. The Hall–Kier alpha value is -0.890. The van der Waals surface area contributed by atoms with Crippen LogP contribution in [0.1, 0.15) is 38.7 Å². The van der Waals surface area contributed by atoms with Gasteiger partial charge in [0.2, 0.25) is 0 Å². The molecule has 0 saturated heterocycles. The van der Waals surface area contributed by atoms with Crippen LogP contribution in [0, 0.1) is 11.8 Å². The van der Waals surface area contributed by atoms with Crippen LogP contribution >= 0.6 is 0 Å². The Morgan fingerprint density at radius 2 is 2.31 bits per heavy atom. The van der Waals surface area contributed by atoms with Gasteiger partial charge in [-0.2, -0.15) is 0 Å². The van der Waals surface area contributed by atoms with Gasteiger partial charge in [0.15, 0.2) is 0 Å². The maximum Gasteiger partial charge on any atom is 0.0300 e. The van der Waals surface area contributed by atoms with E-state index in [2.05, 4.69) is 24.9 Å². The zero-order valence-corrected chi connectivity index (χ0v) is 10.3. The molecule has 1 aliphatic carbocycles. The molecule has 2 heteroatoms. The molecule has 0 aliphatic heterocycles. The standard InChI is InChI=1S/C14H22N2/c1-11-5-6-14(15,12(2)8-11)9-13-4-3-7-16-10-13/h3-4,7,10-12H,5-6,8-9,15H2,1-2H3. The second-order valence-corrected chi connectivity index (χ2v) is 5.55. The molecule has 0 aromatic carbocycles. The van der Waals surface area contributed by atoms with E-state index in [-0.39, 0.29) is 5.54 Å². The highest BCUT2D eigenvalue weighted by molar-refractivity contribution is 5.14. The van der Waals surface area contributed by atoms with Crippen LogP contribution in [0.25, 0.3) is 0 Å². The molecule has 1 fully saturated rings. The second-order valence-electron chi connectivity index (χ2n) is 5.55. The van der Waals surface area contributed by atoms with Crippen molar-refractivity contribution in [1.29, 1.82) is 0 Å². The van der Waals surface area contributed by atoms with Gasteiger partial charge < -0.3 is 5.73 Å². The Balaban J connectivity index is 2.08. The summed E-state index contributed by atoms with van der Waals surface area (Å²) in [6, 6.07) is 4.13. The van der Waals surface area contributed by atoms with Crippen molar-refractivity contribution in [3.63, 3.8) is 0 Å². The van der Waals surface area contributed by atoms with Crippen LogP contribution in [-0.2, 0) is 6.42 Å². The van der Waals surface area contributed by atoms with Gasteiger partial charge in [0.25, 0.3) is 0 Å². The predicted molar refractivity (Wildman–Crippen MR) is 67.0 cm³/mol. The van der Waals surface area contributed by atoms with Crippen molar-refractivity contribution in [3.8, 4) is 0 Å². The van der Waals surface area contributed by atoms with E-state index in [0.29, 0.717) is 5.92 Å². The fraction of sp³-hybridized carbons (Fsp3) is 0.643. The second kappa shape index (κ2) is 4.54. The summed E-state index contributed by atoms with van der Waals surface area (Å²) in [6.07, 6.45) is 8.40. The molecular weight excluding hydrogens is 196 g/mol. The van der Waals surface area contributed by atoms with E-state index in [0.717, 1.165) is 18.8 Å². The normalized spacial score (nSPS) is 34.9. The number of hydrogen-bond acceptors (Lipinski definition) is 2. The zero-order chi connectivity index (χ0) is 11.6. The number of nitrogens with zero attached hydrogens (tertiary/aromatic N) is 1. The largest absolute Gasteiger partial charge is 0.325 e. The Bertz CT molecular complexity index is 336. The average molecular weight is 218 g/mol. The summed E-state index contributed by atoms with van der Waals surface area (Å²) in [5.74, 6) is 1.44. The van der Waals surface area contributed by atoms with Gasteiger partial charge in [0.1, 0.15) is 0 Å². The molecule has 1 aromatic heterocycles. The zero-order valence-electron chi connectivity index (χ0n) is 10.3. The Kier molecular flexibility index (Phi) is 3.29. The molecule has 16 heavy (non-hydrogen) atoms. The molecule has 1 saturated carbocycles. The van der Waals surface area contributed by atoms with Gasteiger partial charge in [-0.05, 0) is 49.1 Å². The number of hydrogen-bond donors (Lipinski definition) is 1. The van der Waals surface area contributed by atoms with Gasteiger partial charge in [0, 0.05) is 17.9 Å². The minimum Gasteiger partial charge on any atom is -0.325 e. The molecule has 1 aromatic rings. The molecule has 3 atom stereocenters. The predicted octanol–water partition coefficient (Wildman–Crippen LogP) is 2.78. The van der Waals surface area contributed by atoms with Crippen LogP contribution in [0.2, 0.25) is 0 Å². The van der Waals surface area contributed by atoms with Crippen LogP contribution in [0.5, 0.6) is 0 Å². The van der Waals surface area contributed by atoms with E-state index < -0.39 is 0 Å². The Morgan fingerprint density at radius 1 is 1.50 bits per heavy atom. The third-order valence-electron chi connectivity index (χ3n) is 4.10. The highest BCUT2D eigenvalue weighted by Gasteiger charge is 2.36. The van der Waals surface area contributed by atoms with Crippen LogP contribution in [0.4, 0.5) is 0 Å². The molecule has 0 radical (unpaired) electrons. The molecule has 1 aliphatic rings.